The lowest BCUT2D eigenvalue weighted by atomic mass is 10.2. The Kier molecular flexibility index (Phi) is 5.86. The number of carbonyl (C=O) groups excluding carboxylic acids is 1. The number of benzene rings is 2. The summed E-state index contributed by atoms with van der Waals surface area (Å²) in [5, 5.41) is 5.99. The zero-order valence-electron chi connectivity index (χ0n) is 12.7. The van der Waals surface area contributed by atoms with E-state index >= 15 is 0 Å². The summed E-state index contributed by atoms with van der Waals surface area (Å²) in [7, 11) is -1.51. The molecule has 4 nitrogen and oxygen atoms in total. The molecule has 2 aromatic carbocycles. The van der Waals surface area contributed by atoms with Crippen LogP contribution < -0.4 is 5.32 Å². The highest BCUT2D eigenvalue weighted by Crippen LogP contribution is 2.26. The molecule has 25 heavy (non-hydrogen) atoms. The molecule has 8 heteroatoms. The first-order valence-electron chi connectivity index (χ1n) is 7.17. The first-order valence-corrected chi connectivity index (χ1v) is 10.1. The monoisotopic (exact) mass is 410 g/mol. The van der Waals surface area contributed by atoms with Crippen LogP contribution in [0.15, 0.2) is 58.8 Å². The minimum atomic E-state index is -1.51. The number of rotatable bonds is 5. The van der Waals surface area contributed by atoms with E-state index in [2.05, 4.69) is 10.3 Å². The maximum atomic E-state index is 12.3. The third-order valence-electron chi connectivity index (χ3n) is 3.23. The van der Waals surface area contributed by atoms with Crippen molar-refractivity contribution in [3.63, 3.8) is 0 Å². The van der Waals surface area contributed by atoms with Gasteiger partial charge in [-0.3, -0.25) is 9.00 Å². The van der Waals surface area contributed by atoms with Crippen LogP contribution in [0.3, 0.4) is 0 Å². The summed E-state index contributed by atoms with van der Waals surface area (Å²) in [6.07, 6.45) is 0. The first-order chi connectivity index (χ1) is 12.0. The van der Waals surface area contributed by atoms with Crippen molar-refractivity contribution in [1.29, 1.82) is 0 Å². The van der Waals surface area contributed by atoms with Crippen LogP contribution in [-0.2, 0) is 15.6 Å². The van der Waals surface area contributed by atoms with Gasteiger partial charge in [0, 0.05) is 16.0 Å². The Morgan fingerprint density at radius 3 is 2.56 bits per heavy atom. The first kappa shape index (κ1) is 18.1. The number of hydrogen-bond acceptors (Lipinski definition) is 4. The van der Waals surface area contributed by atoms with E-state index in [9.17, 15) is 9.00 Å². The van der Waals surface area contributed by atoms with Crippen molar-refractivity contribution < 1.29 is 9.00 Å². The second kappa shape index (κ2) is 8.10. The average molecular weight is 411 g/mol. The molecule has 0 radical (unpaired) electrons. The van der Waals surface area contributed by atoms with Gasteiger partial charge < -0.3 is 5.32 Å². The molecule has 0 spiro atoms. The van der Waals surface area contributed by atoms with Gasteiger partial charge in [-0.1, -0.05) is 47.5 Å². The molecule has 1 amide bonds. The predicted octanol–water partition coefficient (Wildman–Crippen LogP) is 4.86. The lowest BCUT2D eigenvalue weighted by Crippen LogP contribution is -2.19. The van der Waals surface area contributed by atoms with E-state index in [0.717, 1.165) is 11.3 Å². The van der Waals surface area contributed by atoms with E-state index in [1.807, 2.05) is 17.5 Å². The number of nitrogens with zero attached hydrogens (tertiary/aromatic N) is 1. The Morgan fingerprint density at radius 1 is 1.12 bits per heavy atom. The number of carbonyl (C=O) groups is 1. The second-order valence-electron chi connectivity index (χ2n) is 5.01. The highest BCUT2D eigenvalue weighted by Gasteiger charge is 2.14. The van der Waals surface area contributed by atoms with Crippen molar-refractivity contribution in [2.24, 2.45) is 0 Å². The molecule has 1 heterocycles. The summed E-state index contributed by atoms with van der Waals surface area (Å²) in [6, 6.07) is 14.0. The molecule has 0 saturated heterocycles. The Labute approximate surface area is 161 Å². The molecule has 0 aliphatic carbocycles. The van der Waals surface area contributed by atoms with Crippen molar-refractivity contribution >= 4 is 56.4 Å². The summed E-state index contributed by atoms with van der Waals surface area (Å²) in [6.45, 7) is 0. The number of aromatic nitrogens is 1. The smallest absolute Gasteiger partial charge is 0.239 e. The molecule has 0 fully saturated rings. The highest BCUT2D eigenvalue weighted by atomic mass is 35.5. The van der Waals surface area contributed by atoms with Gasteiger partial charge in [0.2, 0.25) is 5.91 Å². The maximum Gasteiger partial charge on any atom is 0.239 e. The van der Waals surface area contributed by atoms with Gasteiger partial charge in [-0.2, -0.15) is 0 Å². The van der Waals surface area contributed by atoms with Crippen LogP contribution in [0, 0.1) is 0 Å². The van der Waals surface area contributed by atoms with Crippen LogP contribution in [-0.4, -0.2) is 20.9 Å². The Hall–Kier alpha value is -1.73. The topological polar surface area (TPSA) is 59.1 Å². The quantitative estimate of drug-likeness (QED) is 0.652. The number of nitrogens with one attached hydrogen (secondary N) is 1. The van der Waals surface area contributed by atoms with Gasteiger partial charge in [-0.25, -0.2) is 4.98 Å². The third kappa shape index (κ3) is 4.67. The Bertz CT molecular complexity index is 926. The van der Waals surface area contributed by atoms with Crippen LogP contribution in [0.4, 0.5) is 5.13 Å². The fourth-order valence-corrected chi connectivity index (χ4v) is 4.30. The van der Waals surface area contributed by atoms with E-state index in [0.29, 0.717) is 20.1 Å². The summed E-state index contributed by atoms with van der Waals surface area (Å²) in [4.78, 5) is 16.9. The molecule has 0 aliphatic rings. The zero-order chi connectivity index (χ0) is 17.8. The van der Waals surface area contributed by atoms with Gasteiger partial charge >= 0.3 is 0 Å². The molecule has 1 N–H and O–H groups in total. The number of halogens is 2. The van der Waals surface area contributed by atoms with Crippen LogP contribution in [0.5, 0.6) is 0 Å². The van der Waals surface area contributed by atoms with Crippen molar-refractivity contribution in [3.8, 4) is 11.3 Å². The zero-order valence-corrected chi connectivity index (χ0v) is 15.9. The van der Waals surface area contributed by atoms with E-state index in [4.69, 9.17) is 23.2 Å². The highest BCUT2D eigenvalue weighted by molar-refractivity contribution is 7.86. The SMILES string of the molecule is O=C(CS(=O)c1ccccc1Cl)Nc1nc(-c2ccc(Cl)cc2)cs1. The number of thiazole rings is 1. The normalized spacial score (nSPS) is 11.9. The second-order valence-corrected chi connectivity index (χ2v) is 8.13. The van der Waals surface area contributed by atoms with Crippen LogP contribution in [0.2, 0.25) is 10.0 Å². The molecule has 1 unspecified atom stereocenters. The van der Waals surface area contributed by atoms with Gasteiger partial charge in [0.1, 0.15) is 5.75 Å². The fourth-order valence-electron chi connectivity index (χ4n) is 2.07. The lowest BCUT2D eigenvalue weighted by Gasteiger charge is -2.04. The number of amides is 1. The van der Waals surface area contributed by atoms with Crippen LogP contribution in [0.25, 0.3) is 11.3 Å². The molecule has 0 saturated carbocycles. The van der Waals surface area contributed by atoms with Gasteiger partial charge in [0.25, 0.3) is 0 Å². The van der Waals surface area contributed by atoms with Gasteiger partial charge in [-0.15, -0.1) is 11.3 Å². The maximum absolute atomic E-state index is 12.3. The molecule has 0 bridgehead atoms. The molecule has 128 valence electrons. The van der Waals surface area contributed by atoms with Crippen LogP contribution in [0.1, 0.15) is 0 Å². The number of anilines is 1. The largest absolute Gasteiger partial charge is 0.301 e. The average Bonchev–Trinajstić information content (AvgIpc) is 3.04. The molecule has 1 atom stereocenters. The van der Waals surface area contributed by atoms with Crippen LogP contribution >= 0.6 is 34.5 Å². The fraction of sp³-hybridized carbons (Fsp3) is 0.0588. The molecule has 1 aromatic heterocycles. The lowest BCUT2D eigenvalue weighted by molar-refractivity contribution is -0.113. The minimum Gasteiger partial charge on any atom is -0.301 e. The molecular formula is C17H12Cl2N2O2S2. The number of hydrogen-bond donors (Lipinski definition) is 1. The van der Waals surface area contributed by atoms with Crippen molar-refractivity contribution in [1.82, 2.24) is 4.98 Å². The van der Waals surface area contributed by atoms with E-state index in [1.54, 1.807) is 36.4 Å². The summed E-state index contributed by atoms with van der Waals surface area (Å²) in [5.41, 5.74) is 1.64. The molecule has 3 aromatic rings. The van der Waals surface area contributed by atoms with E-state index in [-0.39, 0.29) is 11.7 Å². The molecular weight excluding hydrogens is 399 g/mol. The summed E-state index contributed by atoms with van der Waals surface area (Å²) in [5.74, 6) is -0.560. The van der Waals surface area contributed by atoms with Gasteiger partial charge in [-0.05, 0) is 24.3 Å². The Balaban J connectivity index is 1.65. The van der Waals surface area contributed by atoms with Gasteiger partial charge in [0.15, 0.2) is 5.13 Å². The summed E-state index contributed by atoms with van der Waals surface area (Å²) < 4.78 is 12.3. The Morgan fingerprint density at radius 2 is 1.84 bits per heavy atom. The van der Waals surface area contributed by atoms with Gasteiger partial charge in [0.05, 0.1) is 26.4 Å². The summed E-state index contributed by atoms with van der Waals surface area (Å²) >= 11 is 13.2. The molecule has 3 rings (SSSR count). The third-order valence-corrected chi connectivity index (χ3v) is 6.06. The van der Waals surface area contributed by atoms with Crippen molar-refractivity contribution in [3.05, 3.63) is 64.0 Å². The predicted molar refractivity (Wildman–Crippen MR) is 104 cm³/mol. The van der Waals surface area contributed by atoms with E-state index in [1.165, 1.54) is 11.3 Å². The van der Waals surface area contributed by atoms with Crippen molar-refractivity contribution in [2.45, 2.75) is 4.90 Å². The minimum absolute atomic E-state index is 0.181. The molecule has 0 aliphatic heterocycles. The van der Waals surface area contributed by atoms with E-state index < -0.39 is 10.8 Å². The standard InChI is InChI=1S/C17H12Cl2N2O2S2/c18-12-7-5-11(6-8-12)14-9-24-17(20-14)21-16(22)10-25(23)15-4-2-1-3-13(15)19/h1-9H,10H2,(H,20,21,22). The van der Waals surface area contributed by atoms with Crippen molar-refractivity contribution in [2.75, 3.05) is 11.1 Å².